The molecule has 0 bridgehead atoms. The second-order valence-corrected chi connectivity index (χ2v) is 6.31. The first-order valence-corrected chi connectivity index (χ1v) is 8.05. The number of rotatable bonds is 4. The van der Waals surface area contributed by atoms with Gasteiger partial charge in [0.2, 0.25) is 11.8 Å². The molecule has 1 aliphatic heterocycles. The zero-order chi connectivity index (χ0) is 15.5. The number of piperazine rings is 1. The molecule has 3 rings (SSSR count). The normalized spacial score (nSPS) is 16.5. The SMILES string of the molecule is CC(C)c1nnc(CN2CCN(c3ccccc3Cl)CC2)o1. The van der Waals surface area contributed by atoms with Crippen molar-refractivity contribution in [1.29, 1.82) is 0 Å². The molecule has 0 N–H and O–H groups in total. The van der Waals surface area contributed by atoms with E-state index in [2.05, 4.69) is 39.9 Å². The third kappa shape index (κ3) is 3.42. The summed E-state index contributed by atoms with van der Waals surface area (Å²) in [5, 5.41) is 9.03. The highest BCUT2D eigenvalue weighted by Crippen LogP contribution is 2.26. The van der Waals surface area contributed by atoms with Gasteiger partial charge in [-0.2, -0.15) is 0 Å². The van der Waals surface area contributed by atoms with Gasteiger partial charge in [0.15, 0.2) is 0 Å². The fourth-order valence-corrected chi connectivity index (χ4v) is 2.87. The fraction of sp³-hybridized carbons (Fsp3) is 0.500. The molecule has 0 amide bonds. The zero-order valence-corrected chi connectivity index (χ0v) is 13.8. The van der Waals surface area contributed by atoms with Gasteiger partial charge in [-0.15, -0.1) is 10.2 Å². The lowest BCUT2D eigenvalue weighted by Gasteiger charge is -2.35. The first kappa shape index (κ1) is 15.3. The van der Waals surface area contributed by atoms with Gasteiger partial charge in [0.1, 0.15) is 0 Å². The van der Waals surface area contributed by atoms with Crippen LogP contribution in [0, 0.1) is 0 Å². The summed E-state index contributed by atoms with van der Waals surface area (Å²) in [5.41, 5.74) is 1.11. The van der Waals surface area contributed by atoms with E-state index in [0.29, 0.717) is 11.8 Å². The highest BCUT2D eigenvalue weighted by molar-refractivity contribution is 6.33. The summed E-state index contributed by atoms with van der Waals surface area (Å²) in [7, 11) is 0. The predicted molar refractivity (Wildman–Crippen MR) is 87.3 cm³/mol. The Labute approximate surface area is 135 Å². The molecule has 1 saturated heterocycles. The molecule has 0 radical (unpaired) electrons. The first-order valence-electron chi connectivity index (χ1n) is 7.67. The van der Waals surface area contributed by atoms with Crippen LogP contribution >= 0.6 is 11.6 Å². The molecule has 118 valence electrons. The molecule has 0 atom stereocenters. The highest BCUT2D eigenvalue weighted by Gasteiger charge is 2.20. The van der Waals surface area contributed by atoms with Gasteiger partial charge in [-0.05, 0) is 12.1 Å². The fourth-order valence-electron chi connectivity index (χ4n) is 2.61. The molecule has 0 unspecified atom stereocenters. The number of anilines is 1. The van der Waals surface area contributed by atoms with Crippen LogP contribution in [0.15, 0.2) is 28.7 Å². The molecule has 0 aliphatic carbocycles. The van der Waals surface area contributed by atoms with Gasteiger partial charge in [-0.3, -0.25) is 4.90 Å². The van der Waals surface area contributed by atoms with Crippen LogP contribution < -0.4 is 4.90 Å². The first-order chi connectivity index (χ1) is 10.6. The summed E-state index contributed by atoms with van der Waals surface area (Å²) in [4.78, 5) is 4.66. The van der Waals surface area contributed by atoms with Gasteiger partial charge < -0.3 is 9.32 Å². The summed E-state index contributed by atoms with van der Waals surface area (Å²) in [6, 6.07) is 8.00. The highest BCUT2D eigenvalue weighted by atomic mass is 35.5. The Morgan fingerprint density at radius 2 is 1.86 bits per heavy atom. The van der Waals surface area contributed by atoms with Gasteiger partial charge in [0, 0.05) is 32.1 Å². The number of para-hydroxylation sites is 1. The van der Waals surface area contributed by atoms with Crippen LogP contribution in [-0.4, -0.2) is 41.3 Å². The van der Waals surface area contributed by atoms with Crippen molar-refractivity contribution in [2.45, 2.75) is 26.3 Å². The monoisotopic (exact) mass is 320 g/mol. The number of halogens is 1. The van der Waals surface area contributed by atoms with Crippen LogP contribution in [0.1, 0.15) is 31.5 Å². The van der Waals surface area contributed by atoms with Crippen LogP contribution in [0.25, 0.3) is 0 Å². The molecule has 1 aliphatic rings. The average Bonchev–Trinajstić information content (AvgIpc) is 2.98. The molecule has 22 heavy (non-hydrogen) atoms. The molecule has 1 fully saturated rings. The summed E-state index contributed by atoms with van der Waals surface area (Å²) in [6.07, 6.45) is 0. The molecule has 1 aromatic carbocycles. The summed E-state index contributed by atoms with van der Waals surface area (Å²) in [6.45, 7) is 8.66. The Bertz CT molecular complexity index is 620. The van der Waals surface area contributed by atoms with Crippen LogP contribution in [0.5, 0.6) is 0 Å². The standard InChI is InChI=1S/C16H21ClN4O/c1-12(2)16-19-18-15(22-16)11-20-7-9-21(10-8-20)14-6-4-3-5-13(14)17/h3-6,12H,7-11H2,1-2H3. The minimum atomic E-state index is 0.276. The van der Waals surface area contributed by atoms with Gasteiger partial charge in [0.05, 0.1) is 17.3 Å². The molecular weight excluding hydrogens is 300 g/mol. The second-order valence-electron chi connectivity index (χ2n) is 5.90. The summed E-state index contributed by atoms with van der Waals surface area (Å²) < 4.78 is 5.68. The average molecular weight is 321 g/mol. The van der Waals surface area contributed by atoms with Gasteiger partial charge in [-0.25, -0.2) is 0 Å². The second kappa shape index (κ2) is 6.67. The van der Waals surface area contributed by atoms with E-state index in [1.807, 2.05) is 18.2 Å². The minimum absolute atomic E-state index is 0.276. The lowest BCUT2D eigenvalue weighted by atomic mass is 10.2. The maximum absolute atomic E-state index is 6.27. The number of nitrogens with zero attached hydrogens (tertiary/aromatic N) is 4. The number of hydrogen-bond donors (Lipinski definition) is 0. The van der Waals surface area contributed by atoms with Crippen molar-refractivity contribution in [2.75, 3.05) is 31.1 Å². The Hall–Kier alpha value is -1.59. The van der Waals surface area contributed by atoms with Gasteiger partial charge in [-0.1, -0.05) is 37.6 Å². The van der Waals surface area contributed by atoms with Crippen molar-refractivity contribution in [1.82, 2.24) is 15.1 Å². The lowest BCUT2D eigenvalue weighted by Crippen LogP contribution is -2.46. The van der Waals surface area contributed by atoms with E-state index < -0.39 is 0 Å². The molecule has 2 aromatic rings. The molecule has 0 spiro atoms. The Balaban J connectivity index is 1.56. The van der Waals surface area contributed by atoms with Crippen LogP contribution in [-0.2, 0) is 6.54 Å². The third-order valence-electron chi connectivity index (χ3n) is 3.90. The van der Waals surface area contributed by atoms with Crippen molar-refractivity contribution < 1.29 is 4.42 Å². The molecule has 0 saturated carbocycles. The van der Waals surface area contributed by atoms with Crippen LogP contribution in [0.3, 0.4) is 0 Å². The number of hydrogen-bond acceptors (Lipinski definition) is 5. The van der Waals surface area contributed by atoms with E-state index in [-0.39, 0.29) is 5.92 Å². The molecule has 5 nitrogen and oxygen atoms in total. The molecule has 6 heteroatoms. The van der Waals surface area contributed by atoms with Gasteiger partial charge >= 0.3 is 0 Å². The van der Waals surface area contributed by atoms with Crippen LogP contribution in [0.4, 0.5) is 5.69 Å². The quantitative estimate of drug-likeness (QED) is 0.866. The summed E-state index contributed by atoms with van der Waals surface area (Å²) in [5.74, 6) is 1.69. The van der Waals surface area contributed by atoms with Crippen molar-refractivity contribution in [2.24, 2.45) is 0 Å². The van der Waals surface area contributed by atoms with E-state index in [0.717, 1.165) is 43.4 Å². The molecular formula is C16H21ClN4O. The Morgan fingerprint density at radius 3 is 2.50 bits per heavy atom. The van der Waals surface area contributed by atoms with Crippen molar-refractivity contribution in [3.8, 4) is 0 Å². The van der Waals surface area contributed by atoms with Crippen molar-refractivity contribution in [3.05, 3.63) is 41.1 Å². The zero-order valence-electron chi connectivity index (χ0n) is 13.0. The largest absolute Gasteiger partial charge is 0.424 e. The third-order valence-corrected chi connectivity index (χ3v) is 4.22. The molecule has 1 aromatic heterocycles. The summed E-state index contributed by atoms with van der Waals surface area (Å²) >= 11 is 6.27. The predicted octanol–water partition coefficient (Wildman–Crippen LogP) is 3.17. The number of aromatic nitrogens is 2. The molecule has 2 heterocycles. The topological polar surface area (TPSA) is 45.4 Å². The van der Waals surface area contributed by atoms with Crippen LogP contribution in [0.2, 0.25) is 5.02 Å². The smallest absolute Gasteiger partial charge is 0.230 e. The lowest BCUT2D eigenvalue weighted by molar-refractivity contribution is 0.223. The van der Waals surface area contributed by atoms with E-state index >= 15 is 0 Å². The number of benzene rings is 1. The Kier molecular flexibility index (Phi) is 4.64. The van der Waals surface area contributed by atoms with Gasteiger partial charge in [0.25, 0.3) is 0 Å². The van der Waals surface area contributed by atoms with E-state index in [1.165, 1.54) is 0 Å². The van der Waals surface area contributed by atoms with E-state index in [9.17, 15) is 0 Å². The minimum Gasteiger partial charge on any atom is -0.424 e. The Morgan fingerprint density at radius 1 is 1.14 bits per heavy atom. The van der Waals surface area contributed by atoms with E-state index in [4.69, 9.17) is 16.0 Å². The maximum atomic E-state index is 6.27. The maximum Gasteiger partial charge on any atom is 0.230 e. The van der Waals surface area contributed by atoms with Crippen molar-refractivity contribution in [3.63, 3.8) is 0 Å². The van der Waals surface area contributed by atoms with E-state index in [1.54, 1.807) is 0 Å². The van der Waals surface area contributed by atoms with Crippen molar-refractivity contribution >= 4 is 17.3 Å².